The average molecular weight is 372 g/mol. The molecule has 2 heterocycles. The third kappa shape index (κ3) is 4.76. The van der Waals surface area contributed by atoms with Crippen molar-refractivity contribution in [1.29, 1.82) is 0 Å². The fraction of sp³-hybridized carbons (Fsp3) is 0.167. The van der Waals surface area contributed by atoms with Gasteiger partial charge in [0, 0.05) is 24.7 Å². The number of hydrogen-bond acceptors (Lipinski definition) is 4. The third-order valence-electron chi connectivity index (χ3n) is 3.60. The molecule has 0 unspecified atom stereocenters. The van der Waals surface area contributed by atoms with Crippen LogP contribution in [0.1, 0.15) is 6.42 Å². The summed E-state index contributed by atoms with van der Waals surface area (Å²) in [5.41, 5.74) is 1.10. The minimum Gasteiger partial charge on any atom is -0.338 e. The van der Waals surface area contributed by atoms with Crippen molar-refractivity contribution < 1.29 is 9.18 Å². The second-order valence-corrected chi connectivity index (χ2v) is 6.45. The molecule has 3 rings (SSSR count). The molecule has 0 saturated carbocycles. The van der Waals surface area contributed by atoms with Crippen LogP contribution in [0.2, 0.25) is 0 Å². The Morgan fingerprint density at radius 3 is 2.69 bits per heavy atom. The Morgan fingerprint density at radius 1 is 1.15 bits per heavy atom. The lowest BCUT2D eigenvalue weighted by molar-refractivity contribution is 0.252. The van der Waals surface area contributed by atoms with Crippen molar-refractivity contribution in [2.24, 2.45) is 0 Å². The Hall–Kier alpha value is -3.00. The predicted octanol–water partition coefficient (Wildman–Crippen LogP) is 3.32. The number of amides is 2. The topological polar surface area (TPSA) is 76.0 Å². The molecule has 0 aliphatic carbocycles. The zero-order valence-corrected chi connectivity index (χ0v) is 14.6. The maximum atomic E-state index is 13.0. The SMILES string of the molecule is O=C(NCCCn1nc(-c2ccc(F)cc2)ccc1=O)Nc1cccs1. The van der Waals surface area contributed by atoms with Crippen LogP contribution in [0.4, 0.5) is 14.2 Å². The summed E-state index contributed by atoms with van der Waals surface area (Å²) in [4.78, 5) is 23.7. The van der Waals surface area contributed by atoms with E-state index in [9.17, 15) is 14.0 Å². The number of benzene rings is 1. The van der Waals surface area contributed by atoms with E-state index < -0.39 is 0 Å². The van der Waals surface area contributed by atoms with Gasteiger partial charge in [-0.05, 0) is 54.3 Å². The fourth-order valence-electron chi connectivity index (χ4n) is 2.32. The second kappa shape index (κ2) is 8.39. The van der Waals surface area contributed by atoms with Gasteiger partial charge in [-0.25, -0.2) is 13.9 Å². The molecule has 0 saturated heterocycles. The van der Waals surface area contributed by atoms with Crippen molar-refractivity contribution in [3.8, 4) is 11.3 Å². The lowest BCUT2D eigenvalue weighted by atomic mass is 10.1. The Kier molecular flexibility index (Phi) is 5.75. The number of aryl methyl sites for hydroxylation is 1. The summed E-state index contributed by atoms with van der Waals surface area (Å²) in [6, 6.07) is 12.4. The highest BCUT2D eigenvalue weighted by Crippen LogP contribution is 2.16. The molecule has 6 nitrogen and oxygen atoms in total. The summed E-state index contributed by atoms with van der Waals surface area (Å²) in [5.74, 6) is -0.325. The van der Waals surface area contributed by atoms with E-state index in [4.69, 9.17) is 0 Å². The van der Waals surface area contributed by atoms with Gasteiger partial charge in [-0.2, -0.15) is 5.10 Å². The Labute approximate surface area is 153 Å². The predicted molar refractivity (Wildman–Crippen MR) is 99.8 cm³/mol. The van der Waals surface area contributed by atoms with Crippen molar-refractivity contribution >= 4 is 22.4 Å². The zero-order valence-electron chi connectivity index (χ0n) is 13.8. The fourth-order valence-corrected chi connectivity index (χ4v) is 2.93. The summed E-state index contributed by atoms with van der Waals surface area (Å²) >= 11 is 1.44. The molecule has 2 amide bonds. The van der Waals surface area contributed by atoms with Gasteiger partial charge >= 0.3 is 6.03 Å². The van der Waals surface area contributed by atoms with Gasteiger partial charge in [-0.15, -0.1) is 11.3 Å². The first-order valence-corrected chi connectivity index (χ1v) is 8.92. The van der Waals surface area contributed by atoms with Gasteiger partial charge in [-0.1, -0.05) is 0 Å². The van der Waals surface area contributed by atoms with Crippen molar-refractivity contribution in [3.05, 3.63) is 70.1 Å². The van der Waals surface area contributed by atoms with E-state index in [1.807, 2.05) is 17.5 Å². The summed E-state index contributed by atoms with van der Waals surface area (Å²) in [6.07, 6.45) is 0.553. The van der Waals surface area contributed by atoms with Crippen LogP contribution in [0, 0.1) is 5.82 Å². The minimum atomic E-state index is -0.325. The quantitative estimate of drug-likeness (QED) is 0.652. The molecule has 26 heavy (non-hydrogen) atoms. The van der Waals surface area contributed by atoms with Gasteiger partial charge < -0.3 is 5.32 Å². The molecule has 1 aromatic carbocycles. The number of urea groups is 1. The number of halogens is 1. The molecule has 0 spiro atoms. The summed E-state index contributed by atoms with van der Waals surface area (Å²) in [7, 11) is 0. The highest BCUT2D eigenvalue weighted by atomic mass is 32.1. The van der Waals surface area contributed by atoms with Crippen LogP contribution < -0.4 is 16.2 Å². The summed E-state index contributed by atoms with van der Waals surface area (Å²) in [5, 5.41) is 12.4. The zero-order chi connectivity index (χ0) is 18.4. The summed E-state index contributed by atoms with van der Waals surface area (Å²) < 4.78 is 14.4. The number of carbonyl (C=O) groups excluding carboxylic acids is 1. The number of thiophene rings is 1. The first-order valence-electron chi connectivity index (χ1n) is 8.04. The van der Waals surface area contributed by atoms with Crippen molar-refractivity contribution in [2.75, 3.05) is 11.9 Å². The molecule has 0 aliphatic heterocycles. The molecule has 0 fully saturated rings. The lowest BCUT2D eigenvalue weighted by Gasteiger charge is -2.08. The van der Waals surface area contributed by atoms with E-state index >= 15 is 0 Å². The molecule has 0 atom stereocenters. The van der Waals surface area contributed by atoms with E-state index in [0.29, 0.717) is 25.2 Å². The van der Waals surface area contributed by atoms with Gasteiger partial charge in [0.05, 0.1) is 10.7 Å². The standard InChI is InChI=1S/C18H17FN4O2S/c19-14-6-4-13(5-7-14)15-8-9-17(24)23(22-15)11-2-10-20-18(25)21-16-3-1-12-26-16/h1,3-9,12H,2,10-11H2,(H2,20,21,25). The van der Waals surface area contributed by atoms with Crippen LogP contribution in [0.5, 0.6) is 0 Å². The van der Waals surface area contributed by atoms with E-state index in [2.05, 4.69) is 15.7 Å². The molecule has 2 aromatic heterocycles. The minimum absolute atomic E-state index is 0.223. The van der Waals surface area contributed by atoms with Crippen LogP contribution >= 0.6 is 11.3 Å². The van der Waals surface area contributed by atoms with Crippen LogP contribution in [-0.2, 0) is 6.54 Å². The van der Waals surface area contributed by atoms with Gasteiger partial charge in [0.2, 0.25) is 0 Å². The largest absolute Gasteiger partial charge is 0.338 e. The van der Waals surface area contributed by atoms with Gasteiger partial charge in [0.1, 0.15) is 5.82 Å². The maximum Gasteiger partial charge on any atom is 0.319 e. The molecule has 134 valence electrons. The van der Waals surface area contributed by atoms with Gasteiger partial charge in [0.15, 0.2) is 0 Å². The smallest absolute Gasteiger partial charge is 0.319 e. The maximum absolute atomic E-state index is 13.0. The van der Waals surface area contributed by atoms with E-state index in [1.165, 1.54) is 34.2 Å². The second-order valence-electron chi connectivity index (χ2n) is 5.50. The first kappa shape index (κ1) is 17.8. The molecule has 0 aliphatic rings. The highest BCUT2D eigenvalue weighted by molar-refractivity contribution is 7.14. The number of nitrogens with one attached hydrogen (secondary N) is 2. The van der Waals surface area contributed by atoms with Crippen LogP contribution in [-0.4, -0.2) is 22.4 Å². The number of aromatic nitrogens is 2. The van der Waals surface area contributed by atoms with Crippen LogP contribution in [0.15, 0.2) is 58.7 Å². The van der Waals surface area contributed by atoms with Crippen molar-refractivity contribution in [1.82, 2.24) is 15.1 Å². The Morgan fingerprint density at radius 2 is 1.96 bits per heavy atom. The first-order chi connectivity index (χ1) is 12.6. The molecular formula is C18H17FN4O2S. The van der Waals surface area contributed by atoms with E-state index in [0.717, 1.165) is 10.6 Å². The van der Waals surface area contributed by atoms with E-state index in [-0.39, 0.29) is 17.4 Å². The highest BCUT2D eigenvalue weighted by Gasteiger charge is 2.05. The van der Waals surface area contributed by atoms with E-state index in [1.54, 1.807) is 18.2 Å². The Balaban J connectivity index is 1.54. The molecule has 8 heteroatoms. The molecule has 0 bridgehead atoms. The summed E-state index contributed by atoms with van der Waals surface area (Å²) in [6.45, 7) is 0.777. The molecule has 0 radical (unpaired) electrons. The normalized spacial score (nSPS) is 10.5. The number of anilines is 1. The number of rotatable bonds is 6. The molecular weight excluding hydrogens is 355 g/mol. The lowest BCUT2D eigenvalue weighted by Crippen LogP contribution is -2.31. The third-order valence-corrected chi connectivity index (χ3v) is 4.38. The van der Waals surface area contributed by atoms with Crippen LogP contribution in [0.3, 0.4) is 0 Å². The number of carbonyl (C=O) groups is 1. The van der Waals surface area contributed by atoms with Crippen LogP contribution in [0.25, 0.3) is 11.3 Å². The monoisotopic (exact) mass is 372 g/mol. The number of hydrogen-bond donors (Lipinski definition) is 2. The molecule has 2 N–H and O–H groups in total. The van der Waals surface area contributed by atoms with Crippen molar-refractivity contribution in [2.45, 2.75) is 13.0 Å². The molecule has 3 aromatic rings. The number of nitrogens with zero attached hydrogens (tertiary/aromatic N) is 2. The van der Waals surface area contributed by atoms with Gasteiger partial charge in [-0.3, -0.25) is 10.1 Å². The van der Waals surface area contributed by atoms with Crippen molar-refractivity contribution in [3.63, 3.8) is 0 Å². The average Bonchev–Trinajstić information content (AvgIpc) is 3.14. The Bertz CT molecular complexity index is 923. The van der Waals surface area contributed by atoms with Gasteiger partial charge in [0.25, 0.3) is 5.56 Å².